The predicted octanol–water partition coefficient (Wildman–Crippen LogP) is 9.25. The molecule has 2 atom stereocenters. The maximum atomic E-state index is 6.97. The SMILES string of the molecule is CC(C)[Si](C(C)C)(C(C)C)n1ccc2c(C(=NN)C3CC[C@H](N(Cc4ccccc4)Cc4ccccc4)C3)c(Cl)cnc21. The van der Waals surface area contributed by atoms with E-state index in [1.54, 1.807) is 0 Å². The Bertz CT molecular complexity index is 1470. The molecule has 2 N–H and O–H groups in total. The van der Waals surface area contributed by atoms with Crippen LogP contribution in [-0.4, -0.2) is 34.1 Å². The molecule has 1 aliphatic carbocycles. The van der Waals surface area contributed by atoms with Crippen LogP contribution < -0.4 is 5.84 Å². The zero-order chi connectivity index (χ0) is 30.7. The average Bonchev–Trinajstić information content (AvgIpc) is 3.64. The Hall–Kier alpha value is -2.93. The number of halogens is 1. The van der Waals surface area contributed by atoms with Crippen molar-refractivity contribution in [3.8, 4) is 0 Å². The summed E-state index contributed by atoms with van der Waals surface area (Å²) in [5.41, 5.74) is 7.25. The lowest BCUT2D eigenvalue weighted by molar-refractivity contribution is 0.179. The number of hydrazone groups is 1. The van der Waals surface area contributed by atoms with E-state index in [2.05, 4.69) is 129 Å². The molecule has 4 aromatic rings. The number of fused-ring (bicyclic) bond motifs is 1. The van der Waals surface area contributed by atoms with Crippen molar-refractivity contribution in [1.29, 1.82) is 0 Å². The van der Waals surface area contributed by atoms with E-state index in [-0.39, 0.29) is 5.92 Å². The van der Waals surface area contributed by atoms with Gasteiger partial charge in [0.15, 0.2) is 8.24 Å². The standard InChI is InChI=1S/C36H48ClN5Si/c1-25(2)43(26(3)4,27(5)6)42-20-19-32-34(33(37)22-39-36(32)42)35(40-38)30-17-18-31(21-30)41(23-28-13-9-7-10-14-28)24-29-15-11-8-12-16-29/h7-16,19-20,22,25-27,30-31H,17-18,21,23-24,38H2,1-6H3/t30?,31-/m0/s1. The van der Waals surface area contributed by atoms with Gasteiger partial charge in [-0.15, -0.1) is 0 Å². The number of pyridine rings is 1. The van der Waals surface area contributed by atoms with E-state index in [1.807, 2.05) is 6.20 Å². The first-order valence-corrected chi connectivity index (χ1v) is 18.5. The van der Waals surface area contributed by atoms with Crippen LogP contribution in [0.4, 0.5) is 0 Å². The van der Waals surface area contributed by atoms with E-state index >= 15 is 0 Å². The van der Waals surface area contributed by atoms with Crippen molar-refractivity contribution < 1.29 is 0 Å². The largest absolute Gasteiger partial charge is 0.359 e. The Labute approximate surface area is 264 Å². The van der Waals surface area contributed by atoms with Crippen LogP contribution in [-0.2, 0) is 13.1 Å². The number of rotatable bonds is 11. The summed E-state index contributed by atoms with van der Waals surface area (Å²) in [7, 11) is -2.00. The smallest absolute Gasteiger partial charge is 0.171 e. The summed E-state index contributed by atoms with van der Waals surface area (Å²) in [6.45, 7) is 16.1. The molecule has 0 saturated heterocycles. The molecular weight excluding hydrogens is 566 g/mol. The Morgan fingerprint density at radius 2 is 1.47 bits per heavy atom. The molecule has 0 aliphatic heterocycles. The molecule has 2 aromatic carbocycles. The fourth-order valence-electron chi connectivity index (χ4n) is 8.33. The Morgan fingerprint density at radius 1 is 0.907 bits per heavy atom. The third kappa shape index (κ3) is 6.07. The lowest BCUT2D eigenvalue weighted by atomic mass is 9.93. The minimum atomic E-state index is -2.00. The second-order valence-corrected chi connectivity index (χ2v) is 19.4. The van der Waals surface area contributed by atoms with E-state index < -0.39 is 8.24 Å². The van der Waals surface area contributed by atoms with Gasteiger partial charge in [-0.05, 0) is 59.3 Å². The maximum Gasteiger partial charge on any atom is 0.171 e. The number of nitrogens with zero attached hydrogens (tertiary/aromatic N) is 4. The molecule has 1 unspecified atom stereocenters. The highest BCUT2D eigenvalue weighted by molar-refractivity contribution is 6.82. The minimum Gasteiger partial charge on any atom is -0.359 e. The van der Waals surface area contributed by atoms with Gasteiger partial charge < -0.3 is 10.1 Å². The van der Waals surface area contributed by atoms with Crippen LogP contribution in [0.3, 0.4) is 0 Å². The fourth-order valence-corrected chi connectivity index (χ4v) is 15.1. The Kier molecular flexibility index (Phi) is 9.79. The van der Waals surface area contributed by atoms with Gasteiger partial charge in [-0.25, -0.2) is 4.98 Å². The normalized spacial score (nSPS) is 18.2. The molecule has 1 saturated carbocycles. The maximum absolute atomic E-state index is 6.97. The highest BCUT2D eigenvalue weighted by Crippen LogP contribution is 2.45. The first-order chi connectivity index (χ1) is 20.7. The second kappa shape index (κ2) is 13.4. The molecular formula is C36H48ClN5Si. The molecule has 43 heavy (non-hydrogen) atoms. The van der Waals surface area contributed by atoms with Crippen LogP contribution in [0.25, 0.3) is 11.0 Å². The third-order valence-electron chi connectivity index (χ3n) is 10.0. The van der Waals surface area contributed by atoms with Crippen LogP contribution in [0.5, 0.6) is 0 Å². The van der Waals surface area contributed by atoms with Gasteiger partial charge in [0.25, 0.3) is 0 Å². The average molecular weight is 614 g/mol. The zero-order valence-corrected chi connectivity index (χ0v) is 28.4. The van der Waals surface area contributed by atoms with Gasteiger partial charge >= 0.3 is 0 Å². The molecule has 5 nitrogen and oxygen atoms in total. The van der Waals surface area contributed by atoms with Gasteiger partial charge in [-0.3, -0.25) is 4.90 Å². The molecule has 1 fully saturated rings. The van der Waals surface area contributed by atoms with E-state index in [0.717, 1.165) is 54.7 Å². The highest BCUT2D eigenvalue weighted by Gasteiger charge is 2.46. The van der Waals surface area contributed by atoms with Gasteiger partial charge in [0.05, 0.1) is 10.7 Å². The first kappa shape index (κ1) is 31.5. The van der Waals surface area contributed by atoms with Crippen molar-refractivity contribution in [3.63, 3.8) is 0 Å². The van der Waals surface area contributed by atoms with E-state index in [9.17, 15) is 0 Å². The third-order valence-corrected chi connectivity index (χ3v) is 17.1. The molecule has 2 aromatic heterocycles. The molecule has 0 radical (unpaired) electrons. The van der Waals surface area contributed by atoms with Crippen molar-refractivity contribution in [1.82, 2.24) is 14.1 Å². The highest BCUT2D eigenvalue weighted by atomic mass is 35.5. The summed E-state index contributed by atoms with van der Waals surface area (Å²) in [6.07, 6.45) is 7.23. The van der Waals surface area contributed by atoms with E-state index in [1.165, 1.54) is 11.1 Å². The van der Waals surface area contributed by atoms with Gasteiger partial charge in [0, 0.05) is 42.2 Å². The van der Waals surface area contributed by atoms with Crippen molar-refractivity contribution in [2.75, 3.05) is 0 Å². The van der Waals surface area contributed by atoms with Crippen molar-refractivity contribution >= 4 is 36.6 Å². The lowest BCUT2D eigenvalue weighted by Crippen LogP contribution is -2.51. The predicted molar refractivity (Wildman–Crippen MR) is 185 cm³/mol. The number of benzene rings is 2. The zero-order valence-electron chi connectivity index (χ0n) is 26.7. The van der Waals surface area contributed by atoms with Gasteiger partial charge in [0.2, 0.25) is 0 Å². The summed E-state index contributed by atoms with van der Waals surface area (Å²) in [5, 5.41) is 6.18. The molecule has 0 spiro atoms. The van der Waals surface area contributed by atoms with E-state index in [0.29, 0.717) is 27.7 Å². The van der Waals surface area contributed by atoms with Crippen LogP contribution in [0.2, 0.25) is 21.6 Å². The number of hydrogen-bond donors (Lipinski definition) is 1. The van der Waals surface area contributed by atoms with Gasteiger partial charge in [-0.1, -0.05) is 114 Å². The summed E-state index contributed by atoms with van der Waals surface area (Å²) in [4.78, 5) is 7.59. The molecule has 1 aliphatic rings. The van der Waals surface area contributed by atoms with E-state index in [4.69, 9.17) is 22.4 Å². The molecule has 7 heteroatoms. The van der Waals surface area contributed by atoms with Crippen molar-refractivity contribution in [2.45, 2.75) is 96.6 Å². The topological polar surface area (TPSA) is 59.4 Å². The molecule has 5 rings (SSSR count). The van der Waals surface area contributed by atoms with Crippen LogP contribution in [0, 0.1) is 5.92 Å². The first-order valence-electron chi connectivity index (χ1n) is 15.9. The summed E-state index contributed by atoms with van der Waals surface area (Å²) < 4.78 is 2.55. The monoisotopic (exact) mass is 613 g/mol. The number of aromatic nitrogens is 2. The van der Waals surface area contributed by atoms with Crippen molar-refractivity contribution in [2.24, 2.45) is 16.9 Å². The quantitative estimate of drug-likeness (QED) is 0.0793. The van der Waals surface area contributed by atoms with Crippen LogP contribution in [0.1, 0.15) is 77.5 Å². The fraction of sp³-hybridized carbons (Fsp3) is 0.444. The summed E-state index contributed by atoms with van der Waals surface area (Å²) in [6, 6.07) is 24.2. The second-order valence-electron chi connectivity index (χ2n) is 13.3. The Balaban J connectivity index is 1.48. The van der Waals surface area contributed by atoms with Crippen LogP contribution in [0.15, 0.2) is 84.2 Å². The van der Waals surface area contributed by atoms with Crippen molar-refractivity contribution in [3.05, 3.63) is 101 Å². The number of hydrogen-bond acceptors (Lipinski definition) is 4. The number of nitrogens with two attached hydrogens (primary N) is 1. The van der Waals surface area contributed by atoms with Crippen LogP contribution >= 0.6 is 11.6 Å². The Morgan fingerprint density at radius 3 is 1.98 bits per heavy atom. The summed E-state index contributed by atoms with van der Waals surface area (Å²) in [5.74, 6) is 6.48. The van der Waals surface area contributed by atoms with Gasteiger partial charge in [0.1, 0.15) is 5.65 Å². The molecule has 0 amide bonds. The molecule has 228 valence electrons. The molecule has 2 heterocycles. The van der Waals surface area contributed by atoms with Gasteiger partial charge in [-0.2, -0.15) is 5.10 Å². The summed E-state index contributed by atoms with van der Waals surface area (Å²) >= 11 is 6.97. The minimum absolute atomic E-state index is 0.234. The molecule has 0 bridgehead atoms. The lowest BCUT2D eigenvalue weighted by Gasteiger charge is -2.44.